The van der Waals surface area contributed by atoms with Gasteiger partial charge in [0.25, 0.3) is 0 Å². The van der Waals surface area contributed by atoms with Gasteiger partial charge in [-0.1, -0.05) is 55.8 Å². The number of benzene rings is 2. The van der Waals surface area contributed by atoms with Gasteiger partial charge in [-0.05, 0) is 18.6 Å². The van der Waals surface area contributed by atoms with E-state index < -0.39 is 0 Å². The molecule has 0 saturated heterocycles. The first-order valence-electron chi connectivity index (χ1n) is 8.74. The third-order valence-corrected chi connectivity index (χ3v) is 3.92. The minimum Gasteiger partial charge on any atom is -0.354 e. The van der Waals surface area contributed by atoms with E-state index in [1.807, 2.05) is 54.6 Å². The van der Waals surface area contributed by atoms with Crippen molar-refractivity contribution >= 4 is 17.5 Å². The van der Waals surface area contributed by atoms with Crippen molar-refractivity contribution in [2.75, 3.05) is 17.2 Å². The van der Waals surface area contributed by atoms with E-state index >= 15 is 0 Å². The first-order chi connectivity index (χ1) is 12.8. The zero-order valence-electron chi connectivity index (χ0n) is 14.7. The van der Waals surface area contributed by atoms with Crippen LogP contribution in [-0.2, 0) is 0 Å². The minimum atomic E-state index is 0.577. The van der Waals surface area contributed by atoms with Crippen molar-refractivity contribution in [1.82, 2.24) is 9.97 Å². The van der Waals surface area contributed by atoms with Crippen LogP contribution in [0.2, 0.25) is 0 Å². The fourth-order valence-corrected chi connectivity index (χ4v) is 2.55. The first-order valence-corrected chi connectivity index (χ1v) is 8.74. The molecule has 1 heterocycles. The molecule has 0 spiro atoms. The van der Waals surface area contributed by atoms with Crippen molar-refractivity contribution in [2.45, 2.75) is 19.8 Å². The number of nitriles is 1. The second-order valence-corrected chi connectivity index (χ2v) is 5.89. The van der Waals surface area contributed by atoms with Gasteiger partial charge in [-0.2, -0.15) is 10.2 Å². The van der Waals surface area contributed by atoms with Crippen molar-refractivity contribution in [3.8, 4) is 17.3 Å². The molecule has 130 valence electrons. The highest BCUT2D eigenvalue weighted by atomic mass is 15.1. The highest BCUT2D eigenvalue weighted by molar-refractivity contribution is 5.69. The molecule has 5 nitrogen and oxygen atoms in total. The highest BCUT2D eigenvalue weighted by Crippen LogP contribution is 2.25. The Hall–Kier alpha value is -3.39. The van der Waals surface area contributed by atoms with Crippen LogP contribution in [0.4, 0.5) is 17.5 Å². The molecule has 0 aliphatic heterocycles. The SMILES string of the molecule is CCCCNc1nc(Nc2ccccc2C#N)cc(-c2ccccc2)n1. The number of nitrogens with zero attached hydrogens (tertiary/aromatic N) is 3. The summed E-state index contributed by atoms with van der Waals surface area (Å²) in [5, 5.41) is 15.8. The van der Waals surface area contributed by atoms with Crippen LogP contribution >= 0.6 is 0 Å². The molecule has 1 aromatic heterocycles. The van der Waals surface area contributed by atoms with E-state index in [1.165, 1.54) is 0 Å². The Morgan fingerprint density at radius 1 is 1.00 bits per heavy atom. The fraction of sp³-hybridized carbons (Fsp3) is 0.190. The summed E-state index contributed by atoms with van der Waals surface area (Å²) in [5.74, 6) is 1.23. The molecule has 0 unspecified atom stereocenters. The predicted octanol–water partition coefficient (Wildman–Crippen LogP) is 4.97. The molecule has 0 saturated carbocycles. The van der Waals surface area contributed by atoms with Crippen LogP contribution < -0.4 is 10.6 Å². The van der Waals surface area contributed by atoms with E-state index in [9.17, 15) is 5.26 Å². The van der Waals surface area contributed by atoms with Crippen molar-refractivity contribution in [1.29, 1.82) is 5.26 Å². The summed E-state index contributed by atoms with van der Waals surface area (Å²) in [6.45, 7) is 2.97. The minimum absolute atomic E-state index is 0.577. The average Bonchev–Trinajstić information content (AvgIpc) is 2.69. The summed E-state index contributed by atoms with van der Waals surface area (Å²) >= 11 is 0. The third kappa shape index (κ3) is 4.37. The van der Waals surface area contributed by atoms with E-state index in [0.717, 1.165) is 36.3 Å². The Kier molecular flexibility index (Phi) is 5.79. The van der Waals surface area contributed by atoms with Crippen LogP contribution in [0.5, 0.6) is 0 Å². The number of nitrogens with one attached hydrogen (secondary N) is 2. The van der Waals surface area contributed by atoms with Crippen molar-refractivity contribution < 1.29 is 0 Å². The van der Waals surface area contributed by atoms with E-state index in [-0.39, 0.29) is 0 Å². The molecule has 0 bridgehead atoms. The zero-order chi connectivity index (χ0) is 18.2. The molecule has 0 fully saturated rings. The van der Waals surface area contributed by atoms with Crippen LogP contribution in [-0.4, -0.2) is 16.5 Å². The predicted molar refractivity (Wildman–Crippen MR) is 105 cm³/mol. The summed E-state index contributed by atoms with van der Waals surface area (Å²) in [5.41, 5.74) is 3.15. The van der Waals surface area contributed by atoms with Crippen molar-refractivity contribution in [3.05, 3.63) is 66.2 Å². The summed E-state index contributed by atoms with van der Waals surface area (Å²) in [7, 11) is 0. The summed E-state index contributed by atoms with van der Waals surface area (Å²) in [6, 6.07) is 21.5. The Labute approximate surface area is 153 Å². The number of rotatable bonds is 7. The fourth-order valence-electron chi connectivity index (χ4n) is 2.55. The van der Waals surface area contributed by atoms with Crippen molar-refractivity contribution in [3.63, 3.8) is 0 Å². The molecule has 3 aromatic rings. The average molecular weight is 343 g/mol. The van der Waals surface area contributed by atoms with Gasteiger partial charge >= 0.3 is 0 Å². The van der Waals surface area contributed by atoms with Gasteiger partial charge in [-0.3, -0.25) is 0 Å². The summed E-state index contributed by atoms with van der Waals surface area (Å²) < 4.78 is 0. The number of para-hydroxylation sites is 1. The second-order valence-electron chi connectivity index (χ2n) is 5.89. The summed E-state index contributed by atoms with van der Waals surface area (Å²) in [4.78, 5) is 9.19. The van der Waals surface area contributed by atoms with Crippen LogP contribution in [0.3, 0.4) is 0 Å². The third-order valence-electron chi connectivity index (χ3n) is 3.92. The van der Waals surface area contributed by atoms with E-state index in [2.05, 4.69) is 33.6 Å². The molecule has 26 heavy (non-hydrogen) atoms. The number of hydrogen-bond donors (Lipinski definition) is 2. The van der Waals surface area contributed by atoms with Gasteiger partial charge in [0.05, 0.1) is 16.9 Å². The van der Waals surface area contributed by atoms with Gasteiger partial charge < -0.3 is 10.6 Å². The molecule has 5 heteroatoms. The molecule has 3 rings (SSSR count). The van der Waals surface area contributed by atoms with E-state index in [1.54, 1.807) is 6.07 Å². The van der Waals surface area contributed by atoms with Gasteiger partial charge in [-0.25, -0.2) is 4.98 Å². The molecular formula is C21H21N5. The topological polar surface area (TPSA) is 73.6 Å². The maximum atomic E-state index is 9.29. The quantitative estimate of drug-likeness (QED) is 0.592. The maximum absolute atomic E-state index is 9.29. The van der Waals surface area contributed by atoms with Gasteiger partial charge in [0.15, 0.2) is 0 Å². The molecule has 2 N–H and O–H groups in total. The maximum Gasteiger partial charge on any atom is 0.225 e. The number of hydrogen-bond acceptors (Lipinski definition) is 5. The van der Waals surface area contributed by atoms with E-state index in [0.29, 0.717) is 17.3 Å². The Bertz CT molecular complexity index is 900. The zero-order valence-corrected chi connectivity index (χ0v) is 14.7. The lowest BCUT2D eigenvalue weighted by Gasteiger charge is -2.12. The number of anilines is 3. The molecule has 2 aromatic carbocycles. The van der Waals surface area contributed by atoms with Crippen LogP contribution in [0.1, 0.15) is 25.3 Å². The van der Waals surface area contributed by atoms with Crippen LogP contribution in [0.15, 0.2) is 60.7 Å². The summed E-state index contributed by atoms with van der Waals surface area (Å²) in [6.07, 6.45) is 2.16. The van der Waals surface area contributed by atoms with Gasteiger partial charge in [0.2, 0.25) is 5.95 Å². The Morgan fingerprint density at radius 3 is 2.54 bits per heavy atom. The molecule has 0 atom stereocenters. The molecule has 0 amide bonds. The number of aromatic nitrogens is 2. The number of unbranched alkanes of at least 4 members (excludes halogenated alkanes) is 1. The lowest BCUT2D eigenvalue weighted by atomic mass is 10.1. The van der Waals surface area contributed by atoms with Gasteiger partial charge in [-0.15, -0.1) is 0 Å². The molecule has 0 aliphatic rings. The Balaban J connectivity index is 1.95. The second kappa shape index (κ2) is 8.63. The smallest absolute Gasteiger partial charge is 0.225 e. The van der Waals surface area contributed by atoms with E-state index in [4.69, 9.17) is 0 Å². The Morgan fingerprint density at radius 2 is 1.77 bits per heavy atom. The monoisotopic (exact) mass is 343 g/mol. The lowest BCUT2D eigenvalue weighted by Crippen LogP contribution is -2.07. The highest BCUT2D eigenvalue weighted by Gasteiger charge is 2.08. The standard InChI is InChI=1S/C21H21N5/c1-2-3-13-23-21-25-19(16-9-5-4-6-10-16)14-20(26-21)24-18-12-8-7-11-17(18)15-22/h4-12,14H,2-3,13H2,1H3,(H2,23,24,25,26). The van der Waals surface area contributed by atoms with Gasteiger partial charge in [0.1, 0.15) is 11.9 Å². The van der Waals surface area contributed by atoms with Crippen molar-refractivity contribution in [2.24, 2.45) is 0 Å². The lowest BCUT2D eigenvalue weighted by molar-refractivity contribution is 0.827. The molecule has 0 radical (unpaired) electrons. The molecular weight excluding hydrogens is 322 g/mol. The van der Waals surface area contributed by atoms with Gasteiger partial charge in [0, 0.05) is 18.2 Å². The normalized spacial score (nSPS) is 10.2. The molecule has 0 aliphatic carbocycles. The van der Waals surface area contributed by atoms with Crippen LogP contribution in [0, 0.1) is 11.3 Å². The van der Waals surface area contributed by atoms with Crippen LogP contribution in [0.25, 0.3) is 11.3 Å². The first kappa shape index (κ1) is 17.4. The largest absolute Gasteiger partial charge is 0.354 e.